The van der Waals surface area contributed by atoms with Crippen LogP contribution in [0.15, 0.2) is 48.9 Å². The molecular formula is C22H17F3N8O3. The van der Waals surface area contributed by atoms with Crippen molar-refractivity contribution in [3.8, 4) is 11.4 Å². The predicted molar refractivity (Wildman–Crippen MR) is 119 cm³/mol. The van der Waals surface area contributed by atoms with E-state index < -0.39 is 35.8 Å². The first-order valence-electron chi connectivity index (χ1n) is 10.3. The van der Waals surface area contributed by atoms with Crippen molar-refractivity contribution in [1.29, 1.82) is 0 Å². The van der Waals surface area contributed by atoms with E-state index in [0.29, 0.717) is 17.6 Å². The second-order valence-electron chi connectivity index (χ2n) is 7.37. The van der Waals surface area contributed by atoms with Crippen molar-refractivity contribution in [3.05, 3.63) is 77.8 Å². The predicted octanol–water partition coefficient (Wildman–Crippen LogP) is 3.65. The van der Waals surface area contributed by atoms with Gasteiger partial charge < -0.3 is 10.1 Å². The highest BCUT2D eigenvalue weighted by Gasteiger charge is 2.21. The van der Waals surface area contributed by atoms with Crippen molar-refractivity contribution in [3.63, 3.8) is 0 Å². The van der Waals surface area contributed by atoms with E-state index in [1.807, 2.05) is 0 Å². The van der Waals surface area contributed by atoms with Gasteiger partial charge in [-0.05, 0) is 37.3 Å². The molecule has 0 spiro atoms. The molecule has 0 aliphatic rings. The summed E-state index contributed by atoms with van der Waals surface area (Å²) in [6, 6.07) is 6.30. The van der Waals surface area contributed by atoms with Gasteiger partial charge in [-0.1, -0.05) is 5.21 Å². The molecule has 4 aromatic heterocycles. The van der Waals surface area contributed by atoms with E-state index in [0.717, 1.165) is 18.3 Å². The van der Waals surface area contributed by atoms with Crippen LogP contribution >= 0.6 is 0 Å². The Balaban J connectivity index is 1.45. The van der Waals surface area contributed by atoms with Gasteiger partial charge in [-0.2, -0.15) is 8.78 Å². The van der Waals surface area contributed by atoms with Crippen LogP contribution in [0.25, 0.3) is 11.4 Å². The molecule has 11 nitrogen and oxygen atoms in total. The molecule has 0 bridgehead atoms. The summed E-state index contributed by atoms with van der Waals surface area (Å²) in [7, 11) is 1.51. The lowest BCUT2D eigenvalue weighted by atomic mass is 10.2. The number of carbonyl (C=O) groups is 2. The van der Waals surface area contributed by atoms with Gasteiger partial charge in [0.05, 0.1) is 34.9 Å². The first-order chi connectivity index (χ1) is 17.2. The molecule has 4 heterocycles. The summed E-state index contributed by atoms with van der Waals surface area (Å²) in [5.41, 5.74) is 0.742. The van der Waals surface area contributed by atoms with Crippen LogP contribution in [0.5, 0.6) is 0 Å². The molecule has 1 atom stereocenters. The molecule has 184 valence electrons. The Morgan fingerprint density at radius 3 is 2.50 bits per heavy atom. The Morgan fingerprint density at radius 1 is 1.00 bits per heavy atom. The van der Waals surface area contributed by atoms with E-state index in [4.69, 9.17) is 4.74 Å². The zero-order chi connectivity index (χ0) is 25.8. The number of amides is 2. The molecule has 2 amide bonds. The normalized spacial score (nSPS) is 11.6. The summed E-state index contributed by atoms with van der Waals surface area (Å²) >= 11 is 0. The van der Waals surface area contributed by atoms with E-state index in [1.165, 1.54) is 43.0 Å². The van der Waals surface area contributed by atoms with Gasteiger partial charge in [0.2, 0.25) is 11.9 Å². The van der Waals surface area contributed by atoms with Crippen LogP contribution in [0, 0.1) is 17.7 Å². The summed E-state index contributed by atoms with van der Waals surface area (Å²) < 4.78 is 46.6. The first-order valence-corrected chi connectivity index (χ1v) is 10.3. The monoisotopic (exact) mass is 498 g/mol. The number of hydrogen-bond acceptors (Lipinski definition) is 8. The van der Waals surface area contributed by atoms with E-state index in [-0.39, 0.29) is 22.6 Å². The van der Waals surface area contributed by atoms with Gasteiger partial charge in [-0.25, -0.2) is 23.8 Å². The lowest BCUT2D eigenvalue weighted by Crippen LogP contribution is -2.19. The third-order valence-electron chi connectivity index (χ3n) is 4.86. The molecule has 0 saturated carbocycles. The topological polar surface area (TPSA) is 137 Å². The van der Waals surface area contributed by atoms with Crippen LogP contribution in [0.2, 0.25) is 0 Å². The Bertz CT molecular complexity index is 1410. The largest absolute Gasteiger partial charge is 0.441 e. The number of rotatable bonds is 6. The van der Waals surface area contributed by atoms with Crippen LogP contribution in [-0.2, 0) is 11.8 Å². The fraction of sp³-hybridized carbons (Fsp3) is 0.136. The average molecular weight is 498 g/mol. The number of anilines is 2. The van der Waals surface area contributed by atoms with Crippen LogP contribution in [0.1, 0.15) is 28.9 Å². The molecule has 0 fully saturated rings. The van der Waals surface area contributed by atoms with Gasteiger partial charge in [0, 0.05) is 13.2 Å². The van der Waals surface area contributed by atoms with Crippen molar-refractivity contribution >= 4 is 23.5 Å². The summed E-state index contributed by atoms with van der Waals surface area (Å²) in [4.78, 5) is 35.6. The van der Waals surface area contributed by atoms with Crippen molar-refractivity contribution in [2.75, 3.05) is 10.6 Å². The molecule has 0 radical (unpaired) electrons. The number of nitrogens with one attached hydrogen (secondary N) is 2. The fourth-order valence-electron chi connectivity index (χ4n) is 3.06. The highest BCUT2D eigenvalue weighted by atomic mass is 19.1. The number of halogens is 3. The first kappa shape index (κ1) is 24.3. The van der Waals surface area contributed by atoms with Crippen LogP contribution in [0.4, 0.5) is 29.5 Å². The van der Waals surface area contributed by atoms with Crippen molar-refractivity contribution in [2.24, 2.45) is 7.05 Å². The zero-order valence-electron chi connectivity index (χ0n) is 18.7. The highest BCUT2D eigenvalue weighted by molar-refractivity contribution is 6.04. The van der Waals surface area contributed by atoms with E-state index in [1.54, 1.807) is 0 Å². The molecule has 0 aliphatic carbocycles. The number of carbonyl (C=O) groups excluding carboxylic acids is 2. The minimum Gasteiger partial charge on any atom is -0.441 e. The quantitative estimate of drug-likeness (QED) is 0.385. The Labute approximate surface area is 201 Å². The maximum Gasteiger partial charge on any atom is 0.413 e. The highest BCUT2D eigenvalue weighted by Crippen LogP contribution is 2.26. The fourth-order valence-corrected chi connectivity index (χ4v) is 3.06. The third kappa shape index (κ3) is 5.43. The number of ether oxygens (including phenoxy) is 1. The second kappa shape index (κ2) is 10.2. The number of aromatic nitrogens is 6. The number of aryl methyl sites for hydroxylation is 1. The Morgan fingerprint density at radius 2 is 1.81 bits per heavy atom. The average Bonchev–Trinajstić information content (AvgIpc) is 3.21. The van der Waals surface area contributed by atoms with Crippen molar-refractivity contribution in [1.82, 2.24) is 29.9 Å². The molecule has 0 aliphatic heterocycles. The molecular weight excluding hydrogens is 481 g/mol. The van der Waals surface area contributed by atoms with Gasteiger partial charge in [0.15, 0.2) is 11.5 Å². The summed E-state index contributed by atoms with van der Waals surface area (Å²) in [6.07, 6.45) is 1.04. The maximum absolute atomic E-state index is 13.9. The van der Waals surface area contributed by atoms with Gasteiger partial charge in [-0.3, -0.25) is 15.1 Å². The number of pyridine rings is 3. The molecule has 0 aromatic carbocycles. The Kier molecular flexibility index (Phi) is 6.85. The number of nitrogens with zero attached hydrogens (tertiary/aromatic N) is 6. The molecule has 0 unspecified atom stereocenters. The SMILES string of the molecule is C[C@@H](OC(=O)Nc1c(-c2ccc(NC(=O)c3ccc(F)nc3)cn2)nnn1C)c1cc(F)cnc1F. The van der Waals surface area contributed by atoms with Gasteiger partial charge in [-0.15, -0.1) is 5.10 Å². The molecule has 0 saturated heterocycles. The van der Waals surface area contributed by atoms with Crippen molar-refractivity contribution < 1.29 is 27.5 Å². The summed E-state index contributed by atoms with van der Waals surface area (Å²) in [6.45, 7) is 1.36. The van der Waals surface area contributed by atoms with Gasteiger partial charge in [0.1, 0.15) is 11.9 Å². The minimum absolute atomic E-state index is 0.117. The summed E-state index contributed by atoms with van der Waals surface area (Å²) in [5, 5.41) is 12.9. The number of hydrogen-bond donors (Lipinski definition) is 2. The van der Waals surface area contributed by atoms with E-state index in [9.17, 15) is 22.8 Å². The van der Waals surface area contributed by atoms with Crippen LogP contribution in [-0.4, -0.2) is 41.9 Å². The lowest BCUT2D eigenvalue weighted by molar-refractivity contribution is 0.102. The lowest BCUT2D eigenvalue weighted by Gasteiger charge is -2.15. The van der Waals surface area contributed by atoms with E-state index >= 15 is 0 Å². The molecule has 36 heavy (non-hydrogen) atoms. The second-order valence-corrected chi connectivity index (χ2v) is 7.37. The molecule has 4 rings (SSSR count). The Hall–Kier alpha value is -4.88. The van der Waals surface area contributed by atoms with E-state index in [2.05, 4.69) is 35.9 Å². The molecule has 2 N–H and O–H groups in total. The smallest absolute Gasteiger partial charge is 0.413 e. The maximum atomic E-state index is 13.9. The zero-order valence-corrected chi connectivity index (χ0v) is 18.7. The van der Waals surface area contributed by atoms with Crippen LogP contribution in [0.3, 0.4) is 0 Å². The van der Waals surface area contributed by atoms with Gasteiger partial charge in [0.25, 0.3) is 5.91 Å². The summed E-state index contributed by atoms with van der Waals surface area (Å²) in [5.74, 6) is -2.85. The molecule has 14 heteroatoms. The van der Waals surface area contributed by atoms with Gasteiger partial charge >= 0.3 is 6.09 Å². The third-order valence-corrected chi connectivity index (χ3v) is 4.86. The molecule has 4 aromatic rings. The standard InChI is InChI=1S/C22H17F3N8O3/c1-11(15-7-13(23)9-28-19(15)25)36-22(35)30-20-18(31-32-33(20)2)16-5-4-14(10-26-16)29-21(34)12-3-6-17(24)27-8-12/h3-11H,1-2H3,(H,29,34)(H,30,35)/t11-/m1/s1. The van der Waals surface area contributed by atoms with Crippen LogP contribution < -0.4 is 10.6 Å². The van der Waals surface area contributed by atoms with Crippen molar-refractivity contribution in [2.45, 2.75) is 13.0 Å². The minimum atomic E-state index is -1.14.